The number of hydrogen-bond acceptors (Lipinski definition) is 3. The Balaban J connectivity index is 2.13. The SMILES string of the molecule is CCN1C(=S)NC2CC1(C)Oc1c(O)cc(C(C)(C)C)cc12. The zero-order valence-electron chi connectivity index (χ0n) is 13.9. The Labute approximate surface area is 137 Å². The van der Waals surface area contributed by atoms with Crippen LogP contribution in [0.25, 0.3) is 0 Å². The van der Waals surface area contributed by atoms with Gasteiger partial charge in [-0.1, -0.05) is 20.8 Å². The van der Waals surface area contributed by atoms with E-state index in [2.05, 4.69) is 39.1 Å². The van der Waals surface area contributed by atoms with Crippen LogP contribution in [0, 0.1) is 0 Å². The molecule has 0 aromatic heterocycles. The Morgan fingerprint density at radius 3 is 2.73 bits per heavy atom. The third-order valence-electron chi connectivity index (χ3n) is 4.67. The smallest absolute Gasteiger partial charge is 0.184 e. The highest BCUT2D eigenvalue weighted by molar-refractivity contribution is 7.80. The molecule has 4 nitrogen and oxygen atoms in total. The molecule has 2 heterocycles. The second kappa shape index (κ2) is 4.75. The van der Waals surface area contributed by atoms with Crippen molar-refractivity contribution in [2.45, 2.75) is 58.2 Å². The Bertz CT molecular complexity index is 638. The second-order valence-electron chi connectivity index (χ2n) is 7.39. The van der Waals surface area contributed by atoms with Crippen molar-refractivity contribution in [2.75, 3.05) is 6.54 Å². The lowest BCUT2D eigenvalue weighted by atomic mass is 9.82. The number of aromatic hydroxyl groups is 1. The van der Waals surface area contributed by atoms with E-state index in [0.29, 0.717) is 10.9 Å². The monoisotopic (exact) mass is 320 g/mol. The molecule has 1 fully saturated rings. The van der Waals surface area contributed by atoms with Crippen LogP contribution in [0.4, 0.5) is 0 Å². The normalized spacial score (nSPS) is 27.0. The van der Waals surface area contributed by atoms with Crippen molar-refractivity contribution < 1.29 is 9.84 Å². The van der Waals surface area contributed by atoms with Gasteiger partial charge in [0, 0.05) is 18.5 Å². The van der Waals surface area contributed by atoms with Crippen LogP contribution < -0.4 is 10.1 Å². The summed E-state index contributed by atoms with van der Waals surface area (Å²) in [5, 5.41) is 14.6. The molecule has 2 atom stereocenters. The minimum absolute atomic E-state index is 0.0299. The molecule has 3 rings (SSSR count). The molecule has 2 bridgehead atoms. The molecule has 120 valence electrons. The largest absolute Gasteiger partial charge is 0.504 e. The summed E-state index contributed by atoms with van der Waals surface area (Å²) in [7, 11) is 0. The van der Waals surface area contributed by atoms with E-state index in [-0.39, 0.29) is 17.2 Å². The number of nitrogens with zero attached hydrogens (tertiary/aromatic N) is 1. The van der Waals surface area contributed by atoms with Crippen molar-refractivity contribution >= 4 is 17.3 Å². The highest BCUT2D eigenvalue weighted by Crippen LogP contribution is 2.49. The molecule has 2 aliphatic heterocycles. The van der Waals surface area contributed by atoms with Crippen molar-refractivity contribution in [1.82, 2.24) is 10.2 Å². The minimum atomic E-state index is -0.504. The lowest BCUT2D eigenvalue weighted by Crippen LogP contribution is -2.64. The fourth-order valence-corrected chi connectivity index (χ4v) is 3.87. The van der Waals surface area contributed by atoms with E-state index in [9.17, 15) is 5.11 Å². The van der Waals surface area contributed by atoms with E-state index < -0.39 is 5.72 Å². The predicted molar refractivity (Wildman–Crippen MR) is 91.3 cm³/mol. The zero-order chi connectivity index (χ0) is 16.3. The summed E-state index contributed by atoms with van der Waals surface area (Å²) in [4.78, 5) is 2.04. The fraction of sp³-hybridized carbons (Fsp3) is 0.588. The highest BCUT2D eigenvalue weighted by Gasteiger charge is 2.48. The average molecular weight is 320 g/mol. The summed E-state index contributed by atoms with van der Waals surface area (Å²) in [5.74, 6) is 0.796. The Hall–Kier alpha value is -1.49. The van der Waals surface area contributed by atoms with Gasteiger partial charge in [0.15, 0.2) is 22.3 Å². The number of hydrogen-bond donors (Lipinski definition) is 2. The second-order valence-corrected chi connectivity index (χ2v) is 7.78. The molecule has 1 aromatic rings. The van der Waals surface area contributed by atoms with E-state index in [4.69, 9.17) is 17.0 Å². The molecule has 5 heteroatoms. The maximum atomic E-state index is 10.5. The fourth-order valence-electron chi connectivity index (χ4n) is 3.40. The molecule has 0 spiro atoms. The summed E-state index contributed by atoms with van der Waals surface area (Å²) in [6.45, 7) is 11.3. The van der Waals surface area contributed by atoms with Crippen molar-refractivity contribution in [3.05, 3.63) is 23.3 Å². The lowest BCUT2D eigenvalue weighted by molar-refractivity contribution is -0.0674. The molecule has 0 amide bonds. The van der Waals surface area contributed by atoms with Gasteiger partial charge in [0.1, 0.15) is 0 Å². The van der Waals surface area contributed by atoms with Gasteiger partial charge >= 0.3 is 0 Å². The molecule has 0 radical (unpaired) electrons. The summed E-state index contributed by atoms with van der Waals surface area (Å²) < 4.78 is 6.21. The maximum Gasteiger partial charge on any atom is 0.184 e. The molecule has 1 aromatic carbocycles. The zero-order valence-corrected chi connectivity index (χ0v) is 14.7. The van der Waals surface area contributed by atoms with Crippen LogP contribution in [0.2, 0.25) is 0 Å². The van der Waals surface area contributed by atoms with Crippen molar-refractivity contribution in [3.8, 4) is 11.5 Å². The topological polar surface area (TPSA) is 44.7 Å². The average Bonchev–Trinajstić information content (AvgIpc) is 2.38. The third-order valence-corrected chi connectivity index (χ3v) is 5.01. The molecule has 2 N–H and O–H groups in total. The van der Waals surface area contributed by atoms with Gasteiger partial charge in [-0.25, -0.2) is 0 Å². The van der Waals surface area contributed by atoms with Gasteiger partial charge < -0.3 is 20.1 Å². The number of nitrogens with one attached hydrogen (secondary N) is 1. The van der Waals surface area contributed by atoms with E-state index >= 15 is 0 Å². The number of phenolic OH excluding ortho intramolecular Hbond substituents is 1. The standard InChI is InChI=1S/C17H24N2O2S/c1-6-19-15(22)18-12-9-17(19,5)21-14-11(12)7-10(8-13(14)20)16(2,3)4/h7-8,12,20H,6,9H2,1-5H3,(H,18,22). The molecular formula is C17H24N2O2S. The first-order valence-electron chi connectivity index (χ1n) is 7.80. The number of rotatable bonds is 1. The van der Waals surface area contributed by atoms with Crippen LogP contribution in [0.15, 0.2) is 12.1 Å². The van der Waals surface area contributed by atoms with E-state index in [1.54, 1.807) is 0 Å². The van der Waals surface area contributed by atoms with E-state index in [1.165, 1.54) is 0 Å². The molecule has 0 saturated carbocycles. The van der Waals surface area contributed by atoms with Gasteiger partial charge in [-0.2, -0.15) is 0 Å². The minimum Gasteiger partial charge on any atom is -0.504 e. The molecule has 2 unspecified atom stereocenters. The molecule has 0 aliphatic carbocycles. The molecule has 2 aliphatic rings. The van der Waals surface area contributed by atoms with Gasteiger partial charge in [-0.3, -0.25) is 0 Å². The van der Waals surface area contributed by atoms with Gasteiger partial charge in [0.25, 0.3) is 0 Å². The van der Waals surface area contributed by atoms with E-state index in [1.807, 2.05) is 17.9 Å². The van der Waals surface area contributed by atoms with Gasteiger partial charge in [0.05, 0.1) is 6.04 Å². The summed E-state index contributed by atoms with van der Waals surface area (Å²) >= 11 is 5.49. The Morgan fingerprint density at radius 1 is 1.45 bits per heavy atom. The quantitative estimate of drug-likeness (QED) is 0.776. The van der Waals surface area contributed by atoms with Crippen LogP contribution in [-0.2, 0) is 5.41 Å². The van der Waals surface area contributed by atoms with Gasteiger partial charge in [0.2, 0.25) is 0 Å². The van der Waals surface area contributed by atoms with Crippen molar-refractivity contribution in [2.24, 2.45) is 0 Å². The number of phenols is 1. The van der Waals surface area contributed by atoms with Crippen LogP contribution in [0.3, 0.4) is 0 Å². The van der Waals surface area contributed by atoms with Gasteiger partial charge in [-0.05, 0) is 49.2 Å². The Morgan fingerprint density at radius 2 is 2.14 bits per heavy atom. The maximum absolute atomic E-state index is 10.5. The summed E-state index contributed by atoms with van der Waals surface area (Å²) in [6.07, 6.45) is 0.807. The van der Waals surface area contributed by atoms with Crippen LogP contribution >= 0.6 is 12.2 Å². The molecule has 1 saturated heterocycles. The lowest BCUT2D eigenvalue weighted by Gasteiger charge is -2.52. The highest BCUT2D eigenvalue weighted by atomic mass is 32.1. The van der Waals surface area contributed by atoms with Crippen LogP contribution in [0.5, 0.6) is 11.5 Å². The molecular weight excluding hydrogens is 296 g/mol. The number of benzene rings is 1. The number of thiocarbonyl (C=S) groups is 1. The van der Waals surface area contributed by atoms with Gasteiger partial charge in [-0.15, -0.1) is 0 Å². The van der Waals surface area contributed by atoms with Crippen LogP contribution in [0.1, 0.15) is 58.2 Å². The van der Waals surface area contributed by atoms with Crippen LogP contribution in [-0.4, -0.2) is 27.4 Å². The first kappa shape index (κ1) is 15.4. The van der Waals surface area contributed by atoms with E-state index in [0.717, 1.165) is 24.1 Å². The Kier molecular flexibility index (Phi) is 3.33. The predicted octanol–water partition coefficient (Wildman–Crippen LogP) is 3.44. The first-order valence-corrected chi connectivity index (χ1v) is 8.21. The first-order chi connectivity index (χ1) is 10.2. The molecule has 22 heavy (non-hydrogen) atoms. The van der Waals surface area contributed by atoms with Crippen molar-refractivity contribution in [3.63, 3.8) is 0 Å². The van der Waals surface area contributed by atoms with Crippen molar-refractivity contribution in [1.29, 1.82) is 0 Å². The summed E-state index contributed by atoms with van der Waals surface area (Å²) in [6, 6.07) is 4.03. The third kappa shape index (κ3) is 2.22. The summed E-state index contributed by atoms with van der Waals surface area (Å²) in [5.41, 5.74) is 1.56. The number of ether oxygens (including phenoxy) is 1. The number of fused-ring (bicyclic) bond motifs is 4.